The molecule has 1 unspecified atom stereocenters. The molecule has 3 nitrogen and oxygen atoms in total. The summed E-state index contributed by atoms with van der Waals surface area (Å²) in [6.45, 7) is 15.8. The number of piperazine rings is 1. The quantitative estimate of drug-likeness (QED) is 0.821. The van der Waals surface area contributed by atoms with E-state index in [0.29, 0.717) is 12.1 Å². The molecular weight excluding hydrogens is 294 g/mol. The number of likely N-dealkylation sites (tertiary alicyclic amines) is 1. The minimum Gasteiger partial charge on any atom is -0.302 e. The first-order valence-electron chi connectivity index (χ1n) is 9.89. The van der Waals surface area contributed by atoms with Crippen LogP contribution in [-0.4, -0.2) is 72.6 Å². The molecule has 1 aromatic rings. The van der Waals surface area contributed by atoms with Crippen molar-refractivity contribution in [3.05, 3.63) is 35.9 Å². The molecule has 134 valence electrons. The van der Waals surface area contributed by atoms with Gasteiger partial charge in [0, 0.05) is 44.8 Å². The van der Waals surface area contributed by atoms with Crippen LogP contribution in [0.25, 0.3) is 0 Å². The third-order valence-corrected chi connectivity index (χ3v) is 6.02. The van der Waals surface area contributed by atoms with Gasteiger partial charge < -0.3 is 4.90 Å². The van der Waals surface area contributed by atoms with E-state index in [9.17, 15) is 0 Å². The van der Waals surface area contributed by atoms with Crippen LogP contribution in [0.5, 0.6) is 0 Å². The highest BCUT2D eigenvalue weighted by Gasteiger charge is 2.26. The van der Waals surface area contributed by atoms with Gasteiger partial charge in [-0.15, -0.1) is 0 Å². The second kappa shape index (κ2) is 8.46. The van der Waals surface area contributed by atoms with Crippen LogP contribution in [0.2, 0.25) is 0 Å². The van der Waals surface area contributed by atoms with Gasteiger partial charge in [-0.05, 0) is 58.2 Å². The van der Waals surface area contributed by atoms with Crippen LogP contribution < -0.4 is 0 Å². The first-order valence-corrected chi connectivity index (χ1v) is 9.89. The maximum absolute atomic E-state index is 2.68. The molecule has 0 amide bonds. The van der Waals surface area contributed by atoms with Gasteiger partial charge in [0.1, 0.15) is 0 Å². The van der Waals surface area contributed by atoms with Gasteiger partial charge in [0.2, 0.25) is 0 Å². The minimum absolute atomic E-state index is 0.680. The highest BCUT2D eigenvalue weighted by atomic mass is 15.3. The van der Waals surface area contributed by atoms with Crippen LogP contribution in [0.4, 0.5) is 0 Å². The van der Waals surface area contributed by atoms with Crippen LogP contribution in [0.15, 0.2) is 30.3 Å². The second-order valence-electron chi connectivity index (χ2n) is 8.01. The lowest BCUT2D eigenvalue weighted by Gasteiger charge is -2.43. The van der Waals surface area contributed by atoms with E-state index in [1.54, 1.807) is 0 Å². The fraction of sp³-hybridized carbons (Fsp3) is 0.714. The van der Waals surface area contributed by atoms with E-state index in [-0.39, 0.29) is 0 Å². The van der Waals surface area contributed by atoms with Gasteiger partial charge in [0.15, 0.2) is 0 Å². The summed E-state index contributed by atoms with van der Waals surface area (Å²) < 4.78 is 0. The van der Waals surface area contributed by atoms with Crippen molar-refractivity contribution >= 4 is 0 Å². The number of piperidine rings is 1. The van der Waals surface area contributed by atoms with Crippen LogP contribution in [-0.2, 0) is 0 Å². The number of benzene rings is 1. The predicted octanol–water partition coefficient (Wildman–Crippen LogP) is 3.28. The zero-order chi connectivity index (χ0) is 16.9. The van der Waals surface area contributed by atoms with Gasteiger partial charge >= 0.3 is 0 Å². The maximum atomic E-state index is 2.68. The summed E-state index contributed by atoms with van der Waals surface area (Å²) in [5, 5.41) is 0. The zero-order valence-corrected chi connectivity index (χ0v) is 15.8. The lowest BCUT2D eigenvalue weighted by molar-refractivity contribution is 0.0528. The molecule has 0 saturated carbocycles. The van der Waals surface area contributed by atoms with E-state index in [0.717, 1.165) is 5.92 Å². The first-order chi connectivity index (χ1) is 11.6. The Hall–Kier alpha value is -0.900. The van der Waals surface area contributed by atoms with Gasteiger partial charge in [-0.3, -0.25) is 9.80 Å². The molecule has 0 bridgehead atoms. The summed E-state index contributed by atoms with van der Waals surface area (Å²) in [5.74, 6) is 0.775. The third-order valence-electron chi connectivity index (χ3n) is 6.02. The predicted molar refractivity (Wildman–Crippen MR) is 103 cm³/mol. The summed E-state index contributed by atoms with van der Waals surface area (Å²) in [6.07, 6.45) is 2.64. The Morgan fingerprint density at radius 2 is 1.58 bits per heavy atom. The molecule has 2 saturated heterocycles. The number of hydrogen-bond acceptors (Lipinski definition) is 3. The minimum atomic E-state index is 0.680. The number of hydrogen-bond donors (Lipinski definition) is 0. The smallest absolute Gasteiger partial charge is 0.0198 e. The molecule has 0 N–H and O–H groups in total. The summed E-state index contributed by atoms with van der Waals surface area (Å²) in [6, 6.07) is 12.5. The van der Waals surface area contributed by atoms with Crippen LogP contribution in [0.1, 0.15) is 45.1 Å². The Kier molecular flexibility index (Phi) is 6.31. The molecule has 1 aromatic carbocycles. The van der Waals surface area contributed by atoms with Gasteiger partial charge in [0.25, 0.3) is 0 Å². The van der Waals surface area contributed by atoms with Gasteiger partial charge in [-0.25, -0.2) is 0 Å². The Balaban J connectivity index is 1.38. The molecule has 2 fully saturated rings. The van der Waals surface area contributed by atoms with E-state index in [1.165, 1.54) is 64.2 Å². The van der Waals surface area contributed by atoms with Gasteiger partial charge in [0.05, 0.1) is 0 Å². The molecule has 1 atom stereocenters. The average molecular weight is 330 g/mol. The van der Waals surface area contributed by atoms with Crippen LogP contribution in [0, 0.1) is 0 Å². The molecule has 0 spiro atoms. The molecule has 0 radical (unpaired) electrons. The summed E-state index contributed by atoms with van der Waals surface area (Å²) in [4.78, 5) is 7.99. The Morgan fingerprint density at radius 1 is 0.917 bits per heavy atom. The van der Waals surface area contributed by atoms with Crippen molar-refractivity contribution in [1.82, 2.24) is 14.7 Å². The fourth-order valence-corrected chi connectivity index (χ4v) is 4.52. The second-order valence-corrected chi connectivity index (χ2v) is 8.01. The van der Waals surface area contributed by atoms with Crippen molar-refractivity contribution in [1.29, 1.82) is 0 Å². The monoisotopic (exact) mass is 329 g/mol. The largest absolute Gasteiger partial charge is 0.302 e. The van der Waals surface area contributed by atoms with Crippen molar-refractivity contribution in [2.75, 3.05) is 45.8 Å². The third kappa shape index (κ3) is 4.59. The lowest BCUT2D eigenvalue weighted by atomic mass is 9.89. The molecule has 24 heavy (non-hydrogen) atoms. The highest BCUT2D eigenvalue weighted by molar-refractivity contribution is 5.20. The van der Waals surface area contributed by atoms with E-state index < -0.39 is 0 Å². The van der Waals surface area contributed by atoms with E-state index in [1.807, 2.05) is 0 Å². The normalized spacial score (nSPS) is 25.4. The number of nitrogens with zero attached hydrogens (tertiary/aromatic N) is 3. The molecule has 0 aromatic heterocycles. The van der Waals surface area contributed by atoms with Crippen molar-refractivity contribution in [3.63, 3.8) is 0 Å². The van der Waals surface area contributed by atoms with Crippen molar-refractivity contribution in [2.24, 2.45) is 0 Å². The maximum Gasteiger partial charge on any atom is 0.0198 e. The molecular formula is C21H35N3. The van der Waals surface area contributed by atoms with Gasteiger partial charge in [-0.2, -0.15) is 0 Å². The standard InChI is InChI=1S/C21H35N3/c1-18(2)24-16-15-23(17-19(24)3)14-13-22-11-9-21(10-12-22)20-7-5-4-6-8-20/h4-8,18-19,21H,9-17H2,1-3H3. The molecule has 3 heteroatoms. The zero-order valence-electron chi connectivity index (χ0n) is 15.8. The van der Waals surface area contributed by atoms with E-state index >= 15 is 0 Å². The lowest BCUT2D eigenvalue weighted by Crippen LogP contribution is -2.55. The SMILES string of the molecule is CC(C)N1CCN(CCN2CCC(c3ccccc3)CC2)CC1C. The van der Waals surface area contributed by atoms with Crippen molar-refractivity contribution < 1.29 is 0 Å². The summed E-state index contributed by atoms with van der Waals surface area (Å²) in [7, 11) is 0. The average Bonchev–Trinajstić information content (AvgIpc) is 2.61. The number of rotatable bonds is 5. The molecule has 2 aliphatic rings. The van der Waals surface area contributed by atoms with Crippen molar-refractivity contribution in [2.45, 2.75) is 51.6 Å². The Morgan fingerprint density at radius 3 is 2.21 bits per heavy atom. The molecule has 2 heterocycles. The topological polar surface area (TPSA) is 9.72 Å². The fourth-order valence-electron chi connectivity index (χ4n) is 4.52. The Bertz CT molecular complexity index is 479. The van der Waals surface area contributed by atoms with E-state index in [4.69, 9.17) is 0 Å². The molecule has 2 aliphatic heterocycles. The highest BCUT2D eigenvalue weighted by Crippen LogP contribution is 2.27. The van der Waals surface area contributed by atoms with Gasteiger partial charge in [-0.1, -0.05) is 30.3 Å². The molecule has 3 rings (SSSR count). The summed E-state index contributed by atoms with van der Waals surface area (Å²) in [5.41, 5.74) is 1.54. The van der Waals surface area contributed by atoms with Crippen LogP contribution in [0.3, 0.4) is 0 Å². The Labute approximate surface area is 148 Å². The van der Waals surface area contributed by atoms with Crippen LogP contribution >= 0.6 is 0 Å². The first kappa shape index (κ1) is 17.9. The van der Waals surface area contributed by atoms with E-state index in [2.05, 4.69) is 65.8 Å². The molecule has 0 aliphatic carbocycles. The van der Waals surface area contributed by atoms with Crippen molar-refractivity contribution in [3.8, 4) is 0 Å². The summed E-state index contributed by atoms with van der Waals surface area (Å²) >= 11 is 0.